The maximum Gasteiger partial charge on any atom is 0.159 e. The smallest absolute Gasteiger partial charge is 0.159 e. The summed E-state index contributed by atoms with van der Waals surface area (Å²) in [5.74, 6) is -1.80. The zero-order valence-corrected chi connectivity index (χ0v) is 11.3. The Morgan fingerprint density at radius 3 is 2.42 bits per heavy atom. The molecule has 0 aliphatic rings. The molecular formula is C14H11Cl2F2N. The quantitative estimate of drug-likeness (QED) is 0.886. The van der Waals surface area contributed by atoms with E-state index in [0.717, 1.165) is 17.7 Å². The van der Waals surface area contributed by atoms with Gasteiger partial charge in [-0.25, -0.2) is 8.78 Å². The molecule has 1 unspecified atom stereocenters. The average Bonchev–Trinajstić information content (AvgIpc) is 2.37. The van der Waals surface area contributed by atoms with Crippen LogP contribution in [0.5, 0.6) is 0 Å². The van der Waals surface area contributed by atoms with Crippen molar-refractivity contribution in [2.75, 3.05) is 0 Å². The van der Waals surface area contributed by atoms with E-state index in [0.29, 0.717) is 22.0 Å². The minimum Gasteiger partial charge on any atom is -0.324 e. The molecule has 0 aliphatic carbocycles. The lowest BCUT2D eigenvalue weighted by Crippen LogP contribution is -2.14. The van der Waals surface area contributed by atoms with Gasteiger partial charge in [-0.05, 0) is 47.9 Å². The van der Waals surface area contributed by atoms with E-state index in [1.165, 1.54) is 6.07 Å². The van der Waals surface area contributed by atoms with E-state index in [-0.39, 0.29) is 0 Å². The van der Waals surface area contributed by atoms with Gasteiger partial charge < -0.3 is 5.73 Å². The van der Waals surface area contributed by atoms with Crippen LogP contribution in [0.3, 0.4) is 0 Å². The van der Waals surface area contributed by atoms with Gasteiger partial charge in [-0.2, -0.15) is 0 Å². The van der Waals surface area contributed by atoms with Crippen LogP contribution in [0.2, 0.25) is 10.0 Å². The summed E-state index contributed by atoms with van der Waals surface area (Å²) in [6.45, 7) is 0. The number of rotatable bonds is 3. The zero-order chi connectivity index (χ0) is 14.0. The molecule has 2 N–H and O–H groups in total. The van der Waals surface area contributed by atoms with E-state index >= 15 is 0 Å². The van der Waals surface area contributed by atoms with Crippen LogP contribution in [0.25, 0.3) is 0 Å². The molecule has 0 aliphatic heterocycles. The number of benzene rings is 2. The highest BCUT2D eigenvalue weighted by atomic mass is 35.5. The Labute approximate surface area is 119 Å². The molecule has 0 saturated carbocycles. The second-order valence-corrected chi connectivity index (χ2v) is 5.06. The van der Waals surface area contributed by atoms with Gasteiger partial charge in [0.2, 0.25) is 0 Å². The molecule has 5 heteroatoms. The predicted molar refractivity (Wildman–Crippen MR) is 73.5 cm³/mol. The van der Waals surface area contributed by atoms with Gasteiger partial charge in [-0.3, -0.25) is 0 Å². The van der Waals surface area contributed by atoms with Crippen LogP contribution in [0.1, 0.15) is 17.2 Å². The summed E-state index contributed by atoms with van der Waals surface area (Å²) in [5, 5.41) is 1.10. The molecule has 0 bridgehead atoms. The van der Waals surface area contributed by atoms with Crippen LogP contribution in [0.4, 0.5) is 8.78 Å². The van der Waals surface area contributed by atoms with E-state index in [1.54, 1.807) is 18.2 Å². The summed E-state index contributed by atoms with van der Waals surface area (Å²) in [4.78, 5) is 0. The van der Waals surface area contributed by atoms with Crippen molar-refractivity contribution < 1.29 is 8.78 Å². The van der Waals surface area contributed by atoms with Crippen LogP contribution >= 0.6 is 23.2 Å². The maximum absolute atomic E-state index is 13.1. The van der Waals surface area contributed by atoms with E-state index in [1.807, 2.05) is 0 Å². The Hall–Kier alpha value is -1.16. The molecule has 0 aromatic heterocycles. The second kappa shape index (κ2) is 5.87. The second-order valence-electron chi connectivity index (χ2n) is 4.22. The highest BCUT2D eigenvalue weighted by molar-refractivity contribution is 6.33. The van der Waals surface area contributed by atoms with E-state index in [9.17, 15) is 8.78 Å². The van der Waals surface area contributed by atoms with Crippen LogP contribution in [-0.4, -0.2) is 0 Å². The Balaban J connectivity index is 2.22. The van der Waals surface area contributed by atoms with Crippen LogP contribution in [-0.2, 0) is 6.42 Å². The molecule has 1 atom stereocenters. The first-order valence-corrected chi connectivity index (χ1v) is 6.37. The summed E-state index contributed by atoms with van der Waals surface area (Å²) in [6, 6.07) is 8.20. The lowest BCUT2D eigenvalue weighted by atomic mass is 9.99. The Morgan fingerprint density at radius 2 is 1.74 bits per heavy atom. The number of halogens is 4. The van der Waals surface area contributed by atoms with Crippen molar-refractivity contribution in [3.63, 3.8) is 0 Å². The van der Waals surface area contributed by atoms with Crippen LogP contribution < -0.4 is 5.73 Å². The lowest BCUT2D eigenvalue weighted by molar-refractivity contribution is 0.505. The van der Waals surface area contributed by atoms with E-state index < -0.39 is 17.7 Å². The maximum atomic E-state index is 13.1. The summed E-state index contributed by atoms with van der Waals surface area (Å²) in [7, 11) is 0. The topological polar surface area (TPSA) is 26.0 Å². The minimum atomic E-state index is -0.912. The zero-order valence-electron chi connectivity index (χ0n) is 9.84. The fourth-order valence-electron chi connectivity index (χ4n) is 1.80. The standard InChI is InChI=1S/C14H11Cl2F2N/c15-10-2-3-11(16)9(5-10)7-14(19)8-1-4-12(17)13(18)6-8/h1-6,14H,7,19H2. The van der Waals surface area contributed by atoms with Gasteiger partial charge in [0.05, 0.1) is 0 Å². The summed E-state index contributed by atoms with van der Waals surface area (Å²) < 4.78 is 26.0. The van der Waals surface area contributed by atoms with Gasteiger partial charge in [0, 0.05) is 16.1 Å². The van der Waals surface area contributed by atoms with Crippen LogP contribution in [0.15, 0.2) is 36.4 Å². The molecule has 0 saturated heterocycles. The third-order valence-corrected chi connectivity index (χ3v) is 3.42. The minimum absolute atomic E-state index is 0.393. The average molecular weight is 302 g/mol. The number of nitrogens with two attached hydrogens (primary N) is 1. The molecule has 2 aromatic rings. The summed E-state index contributed by atoms with van der Waals surface area (Å²) in [6.07, 6.45) is 0.393. The van der Waals surface area contributed by atoms with Gasteiger partial charge in [-0.1, -0.05) is 29.3 Å². The normalized spacial score (nSPS) is 12.5. The molecule has 0 radical (unpaired) electrons. The third-order valence-electron chi connectivity index (χ3n) is 2.82. The van der Waals surface area contributed by atoms with Crippen molar-refractivity contribution in [2.45, 2.75) is 12.5 Å². The first-order chi connectivity index (χ1) is 8.97. The third kappa shape index (κ3) is 3.44. The Bertz CT molecular complexity index is 602. The monoisotopic (exact) mass is 301 g/mol. The van der Waals surface area contributed by atoms with Crippen LogP contribution in [0, 0.1) is 11.6 Å². The molecule has 0 amide bonds. The SMILES string of the molecule is NC(Cc1cc(Cl)ccc1Cl)c1ccc(F)c(F)c1. The highest BCUT2D eigenvalue weighted by Crippen LogP contribution is 2.25. The first kappa shape index (κ1) is 14.3. The van der Waals surface area contributed by atoms with Crippen molar-refractivity contribution >= 4 is 23.2 Å². The molecule has 2 rings (SSSR count). The molecule has 2 aromatic carbocycles. The van der Waals surface area contributed by atoms with Crippen molar-refractivity contribution in [3.05, 3.63) is 69.2 Å². The van der Waals surface area contributed by atoms with Gasteiger partial charge in [0.25, 0.3) is 0 Å². The van der Waals surface area contributed by atoms with Crippen molar-refractivity contribution in [3.8, 4) is 0 Å². The summed E-state index contributed by atoms with van der Waals surface area (Å²) in [5.41, 5.74) is 7.25. The molecular weight excluding hydrogens is 291 g/mol. The molecule has 0 heterocycles. The number of hydrogen-bond donors (Lipinski definition) is 1. The van der Waals surface area contributed by atoms with Gasteiger partial charge in [0.15, 0.2) is 11.6 Å². The number of hydrogen-bond acceptors (Lipinski definition) is 1. The Morgan fingerprint density at radius 1 is 1.00 bits per heavy atom. The largest absolute Gasteiger partial charge is 0.324 e. The predicted octanol–water partition coefficient (Wildman–Crippen LogP) is 4.51. The van der Waals surface area contributed by atoms with Gasteiger partial charge in [0.1, 0.15) is 0 Å². The molecule has 0 spiro atoms. The Kier molecular flexibility index (Phi) is 4.40. The first-order valence-electron chi connectivity index (χ1n) is 5.62. The van der Waals surface area contributed by atoms with Gasteiger partial charge in [-0.15, -0.1) is 0 Å². The lowest BCUT2D eigenvalue weighted by Gasteiger charge is -2.13. The van der Waals surface area contributed by atoms with E-state index in [2.05, 4.69) is 0 Å². The van der Waals surface area contributed by atoms with Crippen molar-refractivity contribution in [1.82, 2.24) is 0 Å². The fraction of sp³-hybridized carbons (Fsp3) is 0.143. The summed E-state index contributed by atoms with van der Waals surface area (Å²) >= 11 is 11.9. The highest BCUT2D eigenvalue weighted by Gasteiger charge is 2.12. The fourth-order valence-corrected chi connectivity index (χ4v) is 2.19. The molecule has 0 fully saturated rings. The molecule has 100 valence electrons. The molecule has 1 nitrogen and oxygen atoms in total. The van der Waals surface area contributed by atoms with E-state index in [4.69, 9.17) is 28.9 Å². The van der Waals surface area contributed by atoms with Gasteiger partial charge >= 0.3 is 0 Å². The van der Waals surface area contributed by atoms with Crippen molar-refractivity contribution in [2.24, 2.45) is 5.73 Å². The van der Waals surface area contributed by atoms with Crippen molar-refractivity contribution in [1.29, 1.82) is 0 Å². The molecule has 19 heavy (non-hydrogen) atoms.